The molecule has 0 unspecified atom stereocenters. The molecule has 3 atom stereocenters. The fourth-order valence-electron chi connectivity index (χ4n) is 5.59. The zero-order valence-electron chi connectivity index (χ0n) is 24.0. The Labute approximate surface area is 237 Å². The van der Waals surface area contributed by atoms with Crippen LogP contribution in [0.2, 0.25) is 5.04 Å². The number of hydrogen-bond acceptors (Lipinski definition) is 6. The summed E-state index contributed by atoms with van der Waals surface area (Å²) in [5, 5.41) is 15.8. The molecule has 3 aromatic rings. The van der Waals surface area contributed by atoms with Crippen LogP contribution in [0.1, 0.15) is 60.1 Å². The van der Waals surface area contributed by atoms with Gasteiger partial charge in [-0.25, -0.2) is 4.79 Å². The van der Waals surface area contributed by atoms with Crippen molar-refractivity contribution in [2.75, 3.05) is 11.9 Å². The lowest BCUT2D eigenvalue weighted by atomic mass is 10.0. The normalized spacial score (nSPS) is 19.6. The quantitative estimate of drug-likeness (QED) is 0.364. The van der Waals surface area contributed by atoms with Gasteiger partial charge in [0.25, 0.3) is 8.32 Å². The molecule has 1 amide bonds. The number of amides is 1. The lowest BCUT2D eigenvalue weighted by Gasteiger charge is -2.43. The lowest BCUT2D eigenvalue weighted by Crippen LogP contribution is -2.67. The van der Waals surface area contributed by atoms with E-state index in [1.54, 1.807) is 12.3 Å². The van der Waals surface area contributed by atoms with Gasteiger partial charge in [-0.3, -0.25) is 9.36 Å². The maximum Gasteiger partial charge on any atom is 0.351 e. The summed E-state index contributed by atoms with van der Waals surface area (Å²) >= 11 is 0. The van der Waals surface area contributed by atoms with Gasteiger partial charge in [-0.05, 0) is 34.3 Å². The molecule has 1 saturated heterocycles. The van der Waals surface area contributed by atoms with Crippen LogP contribution in [-0.4, -0.2) is 47.7 Å². The maximum absolute atomic E-state index is 12.9. The van der Waals surface area contributed by atoms with Crippen LogP contribution in [0, 0.1) is 5.92 Å². The standard InChI is InChI=1S/C31H41N3O5Si/c1-6-22(7-2)29(36)32-27-18-19-34(30(37)33-27)28-20-25(35)26(39-28)21-38-40(31(3,4)5,23-14-10-8-11-15-23)24-16-12-9-13-17-24/h8-19,22,25-26,28,35H,6-7,20-21H2,1-5H3,(H,32,33,36,37)/t25-,26+,28+/m0/s1. The maximum atomic E-state index is 12.9. The van der Waals surface area contributed by atoms with E-state index in [9.17, 15) is 14.7 Å². The summed E-state index contributed by atoms with van der Waals surface area (Å²) in [6.45, 7) is 10.7. The lowest BCUT2D eigenvalue weighted by molar-refractivity contribution is -0.120. The van der Waals surface area contributed by atoms with Crippen LogP contribution >= 0.6 is 0 Å². The molecule has 1 aliphatic heterocycles. The van der Waals surface area contributed by atoms with E-state index < -0.39 is 32.4 Å². The number of carbonyl (C=O) groups excluding carboxylic acids is 1. The van der Waals surface area contributed by atoms with E-state index >= 15 is 0 Å². The summed E-state index contributed by atoms with van der Waals surface area (Å²) in [6, 6.07) is 22.2. The van der Waals surface area contributed by atoms with Crippen molar-refractivity contribution < 1.29 is 19.1 Å². The van der Waals surface area contributed by atoms with Gasteiger partial charge < -0.3 is 19.6 Å². The first-order valence-corrected chi connectivity index (χ1v) is 16.0. The molecule has 2 N–H and O–H groups in total. The van der Waals surface area contributed by atoms with Crippen LogP contribution in [0.4, 0.5) is 5.82 Å². The first-order chi connectivity index (χ1) is 19.1. The number of carbonyl (C=O) groups is 1. The third kappa shape index (κ3) is 6.12. The van der Waals surface area contributed by atoms with E-state index in [4.69, 9.17) is 9.16 Å². The molecule has 1 fully saturated rings. The molecule has 0 radical (unpaired) electrons. The summed E-state index contributed by atoms with van der Waals surface area (Å²) < 4.78 is 14.5. The molecule has 1 aromatic heterocycles. The van der Waals surface area contributed by atoms with Crippen LogP contribution in [0.25, 0.3) is 0 Å². The van der Waals surface area contributed by atoms with Crippen molar-refractivity contribution in [2.45, 2.75) is 77.4 Å². The van der Waals surface area contributed by atoms with Gasteiger partial charge in [0.2, 0.25) is 5.91 Å². The second-order valence-corrected chi connectivity index (χ2v) is 15.7. The molecule has 0 bridgehead atoms. The number of aliphatic hydroxyl groups is 1. The van der Waals surface area contributed by atoms with Gasteiger partial charge >= 0.3 is 5.69 Å². The minimum absolute atomic E-state index is 0.131. The Morgan fingerprint density at radius 2 is 1.65 bits per heavy atom. The fraction of sp³-hybridized carbons (Fsp3) is 0.452. The Hall–Kier alpha value is -3.11. The number of rotatable bonds is 10. The summed E-state index contributed by atoms with van der Waals surface area (Å²) in [5.74, 6) is -0.0696. The smallest absolute Gasteiger partial charge is 0.351 e. The highest BCUT2D eigenvalue weighted by Crippen LogP contribution is 2.38. The average molecular weight is 564 g/mol. The summed E-state index contributed by atoms with van der Waals surface area (Å²) in [6.07, 6.45) is 1.09. The van der Waals surface area contributed by atoms with Crippen molar-refractivity contribution >= 4 is 30.4 Å². The van der Waals surface area contributed by atoms with Gasteiger partial charge in [0.05, 0.1) is 12.7 Å². The highest BCUT2D eigenvalue weighted by atomic mass is 28.4. The Morgan fingerprint density at radius 1 is 1.07 bits per heavy atom. The van der Waals surface area contributed by atoms with Gasteiger partial charge in [0, 0.05) is 18.5 Å². The fourth-order valence-corrected chi connectivity index (χ4v) is 10.2. The first kappa shape index (κ1) is 29.9. The number of hydrogen-bond donors (Lipinski definition) is 2. The minimum atomic E-state index is -2.81. The molecule has 40 heavy (non-hydrogen) atoms. The molecule has 0 saturated carbocycles. The third-order valence-corrected chi connectivity index (χ3v) is 12.8. The van der Waals surface area contributed by atoms with Crippen LogP contribution in [0.5, 0.6) is 0 Å². The zero-order valence-corrected chi connectivity index (χ0v) is 25.0. The molecule has 1 aliphatic rings. The van der Waals surface area contributed by atoms with Crippen molar-refractivity contribution in [3.8, 4) is 0 Å². The average Bonchev–Trinajstić information content (AvgIpc) is 3.30. The number of nitrogens with one attached hydrogen (secondary N) is 1. The molecular formula is C31H41N3O5Si. The van der Waals surface area contributed by atoms with E-state index in [-0.39, 0.29) is 35.7 Å². The van der Waals surface area contributed by atoms with Crippen LogP contribution in [0.15, 0.2) is 77.7 Å². The van der Waals surface area contributed by atoms with Crippen molar-refractivity contribution in [3.05, 3.63) is 83.4 Å². The summed E-state index contributed by atoms with van der Waals surface area (Å²) in [5.41, 5.74) is -0.548. The number of anilines is 1. The zero-order chi connectivity index (χ0) is 28.9. The van der Waals surface area contributed by atoms with Crippen molar-refractivity contribution in [2.24, 2.45) is 5.92 Å². The number of nitrogens with zero attached hydrogens (tertiary/aromatic N) is 2. The van der Waals surface area contributed by atoms with E-state index in [0.29, 0.717) is 12.8 Å². The molecule has 0 aliphatic carbocycles. The van der Waals surface area contributed by atoms with Crippen LogP contribution in [0.3, 0.4) is 0 Å². The van der Waals surface area contributed by atoms with Gasteiger partial charge in [-0.2, -0.15) is 4.98 Å². The number of benzene rings is 2. The Balaban J connectivity index is 1.54. The molecule has 2 aromatic carbocycles. The monoisotopic (exact) mass is 563 g/mol. The molecule has 0 spiro atoms. The second-order valence-electron chi connectivity index (χ2n) is 11.4. The van der Waals surface area contributed by atoms with E-state index in [1.165, 1.54) is 4.57 Å². The second kappa shape index (κ2) is 12.6. The predicted octanol–water partition coefficient (Wildman–Crippen LogP) is 3.84. The van der Waals surface area contributed by atoms with Crippen molar-refractivity contribution in [1.82, 2.24) is 9.55 Å². The molecule has 9 heteroatoms. The Morgan fingerprint density at radius 3 is 2.15 bits per heavy atom. The largest absolute Gasteiger partial charge is 0.405 e. The Kier molecular flexibility index (Phi) is 9.40. The number of aliphatic hydroxyl groups excluding tert-OH is 1. The van der Waals surface area contributed by atoms with Gasteiger partial charge in [0.1, 0.15) is 18.1 Å². The topological polar surface area (TPSA) is 103 Å². The summed E-state index contributed by atoms with van der Waals surface area (Å²) in [7, 11) is -2.81. The van der Waals surface area contributed by atoms with Gasteiger partial charge in [-0.15, -0.1) is 0 Å². The molecule has 214 valence electrons. The van der Waals surface area contributed by atoms with E-state index in [2.05, 4.69) is 55.3 Å². The van der Waals surface area contributed by atoms with Crippen molar-refractivity contribution in [3.63, 3.8) is 0 Å². The van der Waals surface area contributed by atoms with Crippen LogP contribution < -0.4 is 21.4 Å². The van der Waals surface area contributed by atoms with E-state index in [1.807, 2.05) is 50.2 Å². The van der Waals surface area contributed by atoms with E-state index in [0.717, 1.165) is 10.4 Å². The molecule has 8 nitrogen and oxygen atoms in total. The van der Waals surface area contributed by atoms with Gasteiger partial charge in [0.15, 0.2) is 0 Å². The highest BCUT2D eigenvalue weighted by molar-refractivity contribution is 6.99. The van der Waals surface area contributed by atoms with Crippen LogP contribution in [-0.2, 0) is 14.0 Å². The number of ether oxygens (including phenoxy) is 1. The third-order valence-electron chi connectivity index (χ3n) is 7.83. The van der Waals surface area contributed by atoms with Crippen molar-refractivity contribution in [1.29, 1.82) is 0 Å². The molecule has 2 heterocycles. The SMILES string of the molecule is CCC(CC)C(=O)Nc1ccn([C@H]2C[C@H](O)[C@@H](CO[Si](c3ccccc3)(c3ccccc3)C(C)(C)C)O2)c(=O)n1. The summed E-state index contributed by atoms with van der Waals surface area (Å²) in [4.78, 5) is 29.3. The molecule has 4 rings (SSSR count). The minimum Gasteiger partial charge on any atom is -0.405 e. The predicted molar refractivity (Wildman–Crippen MR) is 159 cm³/mol. The number of aromatic nitrogens is 2. The Bertz CT molecular complexity index is 1280. The highest BCUT2D eigenvalue weighted by Gasteiger charge is 2.51. The van der Waals surface area contributed by atoms with Gasteiger partial charge in [-0.1, -0.05) is 95.3 Å². The first-order valence-electron chi connectivity index (χ1n) is 14.1. The molecular weight excluding hydrogens is 522 g/mol.